The molecule has 1 saturated heterocycles. The number of nitrogens with two attached hydrogens (primary N) is 1. The topological polar surface area (TPSA) is 97.1 Å². The average molecular weight is 284 g/mol. The first-order chi connectivity index (χ1) is 10.1. The first-order valence-corrected chi connectivity index (χ1v) is 6.86. The van der Waals surface area contributed by atoms with Gasteiger partial charge in [-0.2, -0.15) is 0 Å². The molecule has 2 heterocycles. The Morgan fingerprint density at radius 1 is 1.38 bits per heavy atom. The molecule has 6 nitrogen and oxygen atoms in total. The first-order valence-electron chi connectivity index (χ1n) is 6.86. The minimum absolute atomic E-state index is 0.0218. The Kier molecular flexibility index (Phi) is 3.43. The number of rotatable bonds is 2. The van der Waals surface area contributed by atoms with Gasteiger partial charge >= 0.3 is 0 Å². The Labute approximate surface area is 121 Å². The normalized spacial score (nSPS) is 18.3. The van der Waals surface area contributed by atoms with Gasteiger partial charge in [-0.05, 0) is 17.9 Å². The van der Waals surface area contributed by atoms with Crippen molar-refractivity contribution in [2.24, 2.45) is 0 Å². The molecule has 0 saturated carbocycles. The summed E-state index contributed by atoms with van der Waals surface area (Å²) >= 11 is 0. The molecule has 0 spiro atoms. The van der Waals surface area contributed by atoms with Gasteiger partial charge in [-0.1, -0.05) is 24.3 Å². The Hall–Kier alpha value is -2.63. The molecule has 0 aliphatic carbocycles. The van der Waals surface area contributed by atoms with Crippen LogP contribution < -0.4 is 16.4 Å². The molecule has 1 aromatic carbocycles. The molecule has 21 heavy (non-hydrogen) atoms. The summed E-state index contributed by atoms with van der Waals surface area (Å²) in [6.45, 7) is 0.452. The highest BCUT2D eigenvalue weighted by atomic mass is 16.2. The van der Waals surface area contributed by atoms with Gasteiger partial charge in [0.25, 0.3) is 5.91 Å². The second kappa shape index (κ2) is 5.40. The molecule has 0 radical (unpaired) electrons. The lowest BCUT2D eigenvalue weighted by molar-refractivity contribution is -0.122. The van der Waals surface area contributed by atoms with E-state index in [0.717, 1.165) is 10.8 Å². The summed E-state index contributed by atoms with van der Waals surface area (Å²) in [5, 5.41) is 7.32. The molecular formula is C15H16N4O2. The van der Waals surface area contributed by atoms with Crippen molar-refractivity contribution in [2.75, 3.05) is 12.3 Å². The fourth-order valence-corrected chi connectivity index (χ4v) is 2.46. The number of hydrogen-bond acceptors (Lipinski definition) is 4. The second-order valence-corrected chi connectivity index (χ2v) is 5.13. The van der Waals surface area contributed by atoms with E-state index in [1.165, 1.54) is 0 Å². The molecule has 2 aromatic rings. The summed E-state index contributed by atoms with van der Waals surface area (Å²) in [6, 6.07) is 9.19. The van der Waals surface area contributed by atoms with Crippen LogP contribution in [0.3, 0.4) is 0 Å². The molecule has 3 rings (SSSR count). The van der Waals surface area contributed by atoms with Crippen LogP contribution in [0.15, 0.2) is 30.3 Å². The van der Waals surface area contributed by atoms with Crippen LogP contribution in [0.2, 0.25) is 0 Å². The lowest BCUT2D eigenvalue weighted by Crippen LogP contribution is -2.47. The monoisotopic (exact) mass is 284 g/mol. The number of fused-ring (bicyclic) bond motifs is 1. The second-order valence-electron chi connectivity index (χ2n) is 5.13. The van der Waals surface area contributed by atoms with Crippen molar-refractivity contribution >= 4 is 28.4 Å². The van der Waals surface area contributed by atoms with Gasteiger partial charge in [0.15, 0.2) is 0 Å². The maximum absolute atomic E-state index is 12.2. The summed E-state index contributed by atoms with van der Waals surface area (Å²) in [6.07, 6.45) is 1.07. The molecular weight excluding hydrogens is 268 g/mol. The molecule has 6 heteroatoms. The molecule has 0 bridgehead atoms. The van der Waals surface area contributed by atoms with Crippen LogP contribution in [-0.2, 0) is 4.79 Å². The van der Waals surface area contributed by atoms with Crippen molar-refractivity contribution in [3.05, 3.63) is 36.0 Å². The van der Waals surface area contributed by atoms with E-state index in [1.807, 2.05) is 24.3 Å². The fourth-order valence-electron chi connectivity index (χ4n) is 2.46. The van der Waals surface area contributed by atoms with Gasteiger partial charge in [0.05, 0.1) is 0 Å². The number of hydrogen-bond donors (Lipinski definition) is 3. The number of benzene rings is 1. The number of amides is 2. The number of aromatic nitrogens is 1. The van der Waals surface area contributed by atoms with Gasteiger partial charge < -0.3 is 16.4 Å². The van der Waals surface area contributed by atoms with Crippen molar-refractivity contribution in [3.63, 3.8) is 0 Å². The number of piperidine rings is 1. The van der Waals surface area contributed by atoms with Crippen LogP contribution in [0.1, 0.15) is 23.3 Å². The molecule has 1 aliphatic rings. The number of pyridine rings is 1. The standard InChI is InChI=1S/C15H16N4O2/c16-14-11-4-2-1-3-9(11)7-12(19-14)15(21)18-10-5-6-13(20)17-8-10/h1-4,7,10H,5-6,8H2,(H2,16,19)(H,17,20)(H,18,21). The zero-order chi connectivity index (χ0) is 14.8. The van der Waals surface area contributed by atoms with Gasteiger partial charge in [0, 0.05) is 24.4 Å². The Balaban J connectivity index is 1.80. The van der Waals surface area contributed by atoms with Crippen LogP contribution in [0.4, 0.5) is 5.82 Å². The zero-order valence-electron chi connectivity index (χ0n) is 11.4. The fraction of sp³-hybridized carbons (Fsp3) is 0.267. The third-order valence-electron chi connectivity index (χ3n) is 3.60. The van der Waals surface area contributed by atoms with Crippen LogP contribution >= 0.6 is 0 Å². The highest BCUT2D eigenvalue weighted by Gasteiger charge is 2.21. The number of carbonyl (C=O) groups is 2. The number of anilines is 1. The maximum Gasteiger partial charge on any atom is 0.270 e. The smallest absolute Gasteiger partial charge is 0.270 e. The maximum atomic E-state index is 12.2. The van der Waals surface area contributed by atoms with E-state index in [1.54, 1.807) is 6.07 Å². The molecule has 4 N–H and O–H groups in total. The van der Waals surface area contributed by atoms with E-state index in [2.05, 4.69) is 15.6 Å². The summed E-state index contributed by atoms with van der Waals surface area (Å²) in [5.74, 6) is 0.0948. The van der Waals surface area contributed by atoms with E-state index in [4.69, 9.17) is 5.73 Å². The number of nitrogens with zero attached hydrogens (tertiary/aromatic N) is 1. The number of carbonyl (C=O) groups excluding carboxylic acids is 2. The largest absolute Gasteiger partial charge is 0.383 e. The van der Waals surface area contributed by atoms with Crippen LogP contribution in [0.5, 0.6) is 0 Å². The molecule has 1 atom stereocenters. The van der Waals surface area contributed by atoms with Crippen molar-refractivity contribution in [2.45, 2.75) is 18.9 Å². The van der Waals surface area contributed by atoms with Gasteiger partial charge in [-0.15, -0.1) is 0 Å². The van der Waals surface area contributed by atoms with Crippen LogP contribution in [0, 0.1) is 0 Å². The Morgan fingerprint density at radius 3 is 2.95 bits per heavy atom. The van der Waals surface area contributed by atoms with E-state index in [0.29, 0.717) is 30.9 Å². The van der Waals surface area contributed by atoms with Crippen molar-refractivity contribution in [3.8, 4) is 0 Å². The molecule has 1 unspecified atom stereocenters. The zero-order valence-corrected chi connectivity index (χ0v) is 11.4. The van der Waals surface area contributed by atoms with E-state index in [9.17, 15) is 9.59 Å². The Bertz CT molecular complexity index is 704. The summed E-state index contributed by atoms with van der Waals surface area (Å²) in [5.41, 5.74) is 6.19. The van der Waals surface area contributed by atoms with Gasteiger partial charge in [-0.25, -0.2) is 4.98 Å². The lowest BCUT2D eigenvalue weighted by atomic mass is 10.1. The van der Waals surface area contributed by atoms with Gasteiger partial charge in [0.1, 0.15) is 11.5 Å². The van der Waals surface area contributed by atoms with Crippen molar-refractivity contribution < 1.29 is 9.59 Å². The highest BCUT2D eigenvalue weighted by molar-refractivity contribution is 6.00. The molecule has 1 aliphatic heterocycles. The SMILES string of the molecule is Nc1nc(C(=O)NC2CCC(=O)NC2)cc2ccccc12. The summed E-state index contributed by atoms with van der Waals surface area (Å²) in [7, 11) is 0. The minimum atomic E-state index is -0.270. The molecule has 2 amide bonds. The average Bonchev–Trinajstić information content (AvgIpc) is 2.49. The van der Waals surface area contributed by atoms with Gasteiger partial charge in [0.2, 0.25) is 5.91 Å². The quantitative estimate of drug-likeness (QED) is 0.760. The highest BCUT2D eigenvalue weighted by Crippen LogP contribution is 2.20. The summed E-state index contributed by atoms with van der Waals surface area (Å²) < 4.78 is 0. The van der Waals surface area contributed by atoms with E-state index >= 15 is 0 Å². The summed E-state index contributed by atoms with van der Waals surface area (Å²) in [4.78, 5) is 27.5. The van der Waals surface area contributed by atoms with E-state index < -0.39 is 0 Å². The predicted molar refractivity (Wildman–Crippen MR) is 79.7 cm³/mol. The van der Waals surface area contributed by atoms with Crippen LogP contribution in [-0.4, -0.2) is 29.4 Å². The molecule has 1 aromatic heterocycles. The third kappa shape index (κ3) is 2.79. The Morgan fingerprint density at radius 2 is 2.19 bits per heavy atom. The predicted octanol–water partition coefficient (Wildman–Crippen LogP) is 0.825. The third-order valence-corrected chi connectivity index (χ3v) is 3.60. The number of nitrogens with one attached hydrogen (secondary N) is 2. The van der Waals surface area contributed by atoms with Crippen LogP contribution in [0.25, 0.3) is 10.8 Å². The van der Waals surface area contributed by atoms with Crippen molar-refractivity contribution in [1.29, 1.82) is 0 Å². The first kappa shape index (κ1) is 13.4. The molecule has 108 valence electrons. The minimum Gasteiger partial charge on any atom is -0.383 e. The molecule has 1 fully saturated rings. The van der Waals surface area contributed by atoms with Crippen molar-refractivity contribution in [1.82, 2.24) is 15.6 Å². The number of nitrogen functional groups attached to an aromatic ring is 1. The lowest BCUT2D eigenvalue weighted by Gasteiger charge is -2.23. The van der Waals surface area contributed by atoms with E-state index in [-0.39, 0.29) is 17.9 Å². The van der Waals surface area contributed by atoms with Gasteiger partial charge in [-0.3, -0.25) is 9.59 Å².